The number of H-pyrrole nitrogens is 1. The summed E-state index contributed by atoms with van der Waals surface area (Å²) in [5.41, 5.74) is 2.69. The molecule has 1 aromatic carbocycles. The lowest BCUT2D eigenvalue weighted by atomic mass is 9.94. The van der Waals surface area contributed by atoms with Crippen LogP contribution in [0.2, 0.25) is 0 Å². The fraction of sp³-hybridized carbons (Fsp3) is 0.417. The quantitative estimate of drug-likeness (QED) is 0.438. The summed E-state index contributed by atoms with van der Waals surface area (Å²) in [4.78, 5) is 54.2. The lowest BCUT2D eigenvalue weighted by Crippen LogP contribution is -2.50. The predicted molar refractivity (Wildman–Crippen MR) is 131 cm³/mol. The number of carbonyl (C=O) groups excluding carboxylic acids is 1. The number of para-hydroxylation sites is 1. The molecule has 1 aliphatic heterocycles. The Bertz CT molecular complexity index is 1210. The second-order valence-corrected chi connectivity index (χ2v) is 9.26. The minimum absolute atomic E-state index is 0.125. The first-order valence-corrected chi connectivity index (χ1v) is 11.3. The van der Waals surface area contributed by atoms with E-state index in [-0.39, 0.29) is 29.6 Å². The van der Waals surface area contributed by atoms with E-state index < -0.39 is 40.0 Å². The SMILES string of the molecule is CC(C)(C)OC(=O)N1CCN(CCOc2ccccc2-c2c(C(=O)O)c(N)[nH]c(=O)c2C(=O)O)CC1. The third-order valence-electron chi connectivity index (χ3n) is 5.52. The molecule has 0 aliphatic carbocycles. The molecular formula is C24H30N4O8. The Hall–Kier alpha value is -4.06. The maximum atomic E-state index is 12.3. The van der Waals surface area contributed by atoms with Gasteiger partial charge in [0.15, 0.2) is 0 Å². The van der Waals surface area contributed by atoms with Crippen LogP contribution in [0.4, 0.5) is 10.6 Å². The first kappa shape index (κ1) is 26.5. The summed E-state index contributed by atoms with van der Waals surface area (Å²) in [5.74, 6) is -3.32. The monoisotopic (exact) mass is 502 g/mol. The number of ether oxygens (including phenoxy) is 2. The maximum absolute atomic E-state index is 12.3. The van der Waals surface area contributed by atoms with Crippen molar-refractivity contribution in [2.75, 3.05) is 45.1 Å². The summed E-state index contributed by atoms with van der Waals surface area (Å²) < 4.78 is 11.3. The lowest BCUT2D eigenvalue weighted by molar-refractivity contribution is 0.0136. The van der Waals surface area contributed by atoms with Gasteiger partial charge in [-0.3, -0.25) is 9.69 Å². The van der Waals surface area contributed by atoms with Crippen molar-refractivity contribution in [3.63, 3.8) is 0 Å². The van der Waals surface area contributed by atoms with Crippen molar-refractivity contribution in [3.8, 4) is 16.9 Å². The molecule has 0 radical (unpaired) electrons. The Labute approximate surface area is 207 Å². The Morgan fingerprint density at radius 1 is 1.03 bits per heavy atom. The van der Waals surface area contributed by atoms with Gasteiger partial charge in [-0.15, -0.1) is 0 Å². The van der Waals surface area contributed by atoms with Crippen molar-refractivity contribution in [2.24, 2.45) is 0 Å². The maximum Gasteiger partial charge on any atom is 0.410 e. The Balaban J connectivity index is 1.75. The molecule has 36 heavy (non-hydrogen) atoms. The summed E-state index contributed by atoms with van der Waals surface area (Å²) >= 11 is 0. The van der Waals surface area contributed by atoms with Gasteiger partial charge < -0.3 is 35.3 Å². The highest BCUT2D eigenvalue weighted by atomic mass is 16.6. The molecule has 1 fully saturated rings. The molecular weight excluding hydrogens is 472 g/mol. The van der Waals surface area contributed by atoms with Crippen LogP contribution in [-0.4, -0.2) is 88.0 Å². The molecule has 5 N–H and O–H groups in total. The van der Waals surface area contributed by atoms with E-state index in [4.69, 9.17) is 15.2 Å². The molecule has 1 aliphatic rings. The molecule has 1 aromatic heterocycles. The highest BCUT2D eigenvalue weighted by Crippen LogP contribution is 2.35. The van der Waals surface area contributed by atoms with E-state index in [0.717, 1.165) is 0 Å². The third kappa shape index (κ3) is 6.13. The van der Waals surface area contributed by atoms with Gasteiger partial charge in [0.2, 0.25) is 0 Å². The molecule has 3 rings (SSSR count). The largest absolute Gasteiger partial charge is 0.492 e. The van der Waals surface area contributed by atoms with Crippen molar-refractivity contribution in [1.29, 1.82) is 0 Å². The number of nitrogen functional groups attached to an aromatic ring is 1. The molecule has 0 atom stereocenters. The second kappa shape index (κ2) is 10.7. The number of nitrogens with zero attached hydrogens (tertiary/aromatic N) is 2. The lowest BCUT2D eigenvalue weighted by Gasteiger charge is -2.35. The minimum Gasteiger partial charge on any atom is -0.492 e. The number of hydrogen-bond acceptors (Lipinski definition) is 8. The molecule has 12 heteroatoms. The summed E-state index contributed by atoms with van der Waals surface area (Å²) in [5, 5.41) is 19.3. The number of pyridine rings is 1. The van der Waals surface area contributed by atoms with Crippen LogP contribution in [0.15, 0.2) is 29.1 Å². The Morgan fingerprint density at radius 2 is 1.64 bits per heavy atom. The van der Waals surface area contributed by atoms with Crippen LogP contribution in [0.1, 0.15) is 41.5 Å². The normalized spacial score (nSPS) is 14.4. The fourth-order valence-electron chi connectivity index (χ4n) is 3.88. The van der Waals surface area contributed by atoms with Gasteiger partial charge in [-0.25, -0.2) is 14.4 Å². The second-order valence-electron chi connectivity index (χ2n) is 9.26. The minimum atomic E-state index is -1.59. The standard InChI is InChI=1S/C24H30N4O8/c1-24(2,3)36-23(34)28-10-8-27(9-11-28)12-13-35-15-7-5-4-6-14(15)16-17(21(30)31)19(25)26-20(29)18(16)22(32)33/h4-7H,8-13H2,1-3H3,(H,30,31)(H,32,33)(H3,25,26,29). The molecule has 0 unspecified atom stereocenters. The van der Waals surface area contributed by atoms with E-state index in [1.165, 1.54) is 6.07 Å². The molecule has 2 aromatic rings. The van der Waals surface area contributed by atoms with Gasteiger partial charge in [0.05, 0.1) is 0 Å². The summed E-state index contributed by atoms with van der Waals surface area (Å²) in [7, 11) is 0. The molecule has 1 saturated heterocycles. The number of piperazine rings is 1. The number of hydrogen-bond donors (Lipinski definition) is 4. The van der Waals surface area contributed by atoms with Gasteiger partial charge in [-0.1, -0.05) is 18.2 Å². The summed E-state index contributed by atoms with van der Waals surface area (Å²) in [6.45, 7) is 8.38. The van der Waals surface area contributed by atoms with Crippen LogP contribution in [-0.2, 0) is 4.74 Å². The van der Waals surface area contributed by atoms with E-state index in [2.05, 4.69) is 9.88 Å². The number of amides is 1. The predicted octanol–water partition coefficient (Wildman–Crippen LogP) is 1.95. The number of nitrogens with one attached hydrogen (secondary N) is 1. The average Bonchev–Trinajstić information content (AvgIpc) is 2.77. The van der Waals surface area contributed by atoms with E-state index in [0.29, 0.717) is 32.7 Å². The number of aromatic amines is 1. The number of aromatic carboxylic acids is 2. The summed E-state index contributed by atoms with van der Waals surface area (Å²) in [6, 6.07) is 6.26. The Kier molecular flexibility index (Phi) is 7.88. The number of rotatable bonds is 7. The van der Waals surface area contributed by atoms with Crippen molar-refractivity contribution >= 4 is 23.8 Å². The van der Waals surface area contributed by atoms with Crippen molar-refractivity contribution < 1.29 is 34.1 Å². The smallest absolute Gasteiger partial charge is 0.410 e. The van der Waals surface area contributed by atoms with Crippen LogP contribution >= 0.6 is 0 Å². The van der Waals surface area contributed by atoms with Crippen LogP contribution in [0.5, 0.6) is 5.75 Å². The van der Waals surface area contributed by atoms with Gasteiger partial charge in [-0.05, 0) is 26.8 Å². The zero-order valence-corrected chi connectivity index (χ0v) is 20.4. The molecule has 12 nitrogen and oxygen atoms in total. The number of benzene rings is 1. The fourth-order valence-corrected chi connectivity index (χ4v) is 3.88. The van der Waals surface area contributed by atoms with Gasteiger partial charge >= 0.3 is 18.0 Å². The van der Waals surface area contributed by atoms with E-state index in [9.17, 15) is 29.4 Å². The van der Waals surface area contributed by atoms with Gasteiger partial charge in [0, 0.05) is 43.9 Å². The highest BCUT2D eigenvalue weighted by Gasteiger charge is 2.29. The number of carboxylic acid groups (broad SMARTS) is 2. The first-order valence-electron chi connectivity index (χ1n) is 11.3. The zero-order chi connectivity index (χ0) is 26.6. The Morgan fingerprint density at radius 3 is 2.22 bits per heavy atom. The number of aromatic nitrogens is 1. The average molecular weight is 503 g/mol. The van der Waals surface area contributed by atoms with Gasteiger partial charge in [-0.2, -0.15) is 0 Å². The molecule has 0 spiro atoms. The number of nitrogens with two attached hydrogens (primary N) is 1. The van der Waals surface area contributed by atoms with E-state index >= 15 is 0 Å². The molecule has 194 valence electrons. The molecule has 0 bridgehead atoms. The van der Waals surface area contributed by atoms with Crippen LogP contribution in [0.25, 0.3) is 11.1 Å². The van der Waals surface area contributed by atoms with Gasteiger partial charge in [0.25, 0.3) is 5.56 Å². The van der Waals surface area contributed by atoms with E-state index in [1.807, 2.05) is 20.8 Å². The topological polar surface area (TPSA) is 175 Å². The van der Waals surface area contributed by atoms with Crippen LogP contribution in [0, 0.1) is 0 Å². The van der Waals surface area contributed by atoms with E-state index in [1.54, 1.807) is 23.1 Å². The molecule has 0 saturated carbocycles. The van der Waals surface area contributed by atoms with Crippen molar-refractivity contribution in [3.05, 3.63) is 45.7 Å². The molecule has 2 heterocycles. The molecule has 1 amide bonds. The van der Waals surface area contributed by atoms with Crippen LogP contribution < -0.4 is 16.0 Å². The highest BCUT2D eigenvalue weighted by molar-refractivity contribution is 6.08. The number of carbonyl (C=O) groups is 3. The van der Waals surface area contributed by atoms with Crippen molar-refractivity contribution in [1.82, 2.24) is 14.8 Å². The van der Waals surface area contributed by atoms with Crippen molar-refractivity contribution in [2.45, 2.75) is 26.4 Å². The zero-order valence-electron chi connectivity index (χ0n) is 20.4. The van der Waals surface area contributed by atoms with Gasteiger partial charge in [0.1, 0.15) is 34.9 Å². The van der Waals surface area contributed by atoms with Crippen LogP contribution in [0.3, 0.4) is 0 Å². The third-order valence-corrected chi connectivity index (χ3v) is 5.52. The number of carboxylic acids is 2. The summed E-state index contributed by atoms with van der Waals surface area (Å²) in [6.07, 6.45) is -0.354. The number of anilines is 1. The first-order chi connectivity index (χ1) is 16.9.